The highest BCUT2D eigenvalue weighted by atomic mass is 15.2. The van der Waals surface area contributed by atoms with Crippen molar-refractivity contribution in [3.63, 3.8) is 0 Å². The van der Waals surface area contributed by atoms with Crippen molar-refractivity contribution in [3.8, 4) is 11.4 Å². The average molecular weight is 345 g/mol. The van der Waals surface area contributed by atoms with E-state index in [1.54, 1.807) is 12.4 Å². The van der Waals surface area contributed by atoms with E-state index in [0.717, 1.165) is 30.6 Å². The smallest absolute Gasteiger partial charge is 0.162 e. The largest absolute Gasteiger partial charge is 0.291 e. The fourth-order valence-electron chi connectivity index (χ4n) is 3.78. The SMILES string of the molecule is CC1(C)CC(c2ccccc2)N(Cc2cnc(-c3cncnc3)nc2)C1. The molecule has 0 amide bonds. The molecule has 2 aromatic heterocycles. The first-order valence-corrected chi connectivity index (χ1v) is 8.96. The van der Waals surface area contributed by atoms with Gasteiger partial charge in [0.25, 0.3) is 0 Å². The van der Waals surface area contributed by atoms with Crippen LogP contribution in [0.1, 0.15) is 37.4 Å². The van der Waals surface area contributed by atoms with Crippen LogP contribution < -0.4 is 0 Å². The Morgan fingerprint density at radius 2 is 1.69 bits per heavy atom. The maximum atomic E-state index is 4.51. The molecule has 1 aliphatic rings. The zero-order valence-corrected chi connectivity index (χ0v) is 15.2. The van der Waals surface area contributed by atoms with E-state index in [9.17, 15) is 0 Å². The Balaban J connectivity index is 1.53. The molecular weight excluding hydrogens is 322 g/mol. The van der Waals surface area contributed by atoms with Gasteiger partial charge in [-0.15, -0.1) is 0 Å². The Bertz CT molecular complexity index is 847. The van der Waals surface area contributed by atoms with Gasteiger partial charge in [-0.05, 0) is 17.4 Å². The molecule has 1 aliphatic heterocycles. The summed E-state index contributed by atoms with van der Waals surface area (Å²) in [5, 5.41) is 0. The minimum absolute atomic E-state index is 0.308. The molecule has 0 saturated carbocycles. The third-order valence-electron chi connectivity index (χ3n) is 4.91. The molecule has 0 N–H and O–H groups in total. The molecule has 1 unspecified atom stereocenters. The van der Waals surface area contributed by atoms with Crippen LogP contribution in [0, 0.1) is 5.41 Å². The summed E-state index contributed by atoms with van der Waals surface area (Å²) < 4.78 is 0. The Kier molecular flexibility index (Phi) is 4.47. The van der Waals surface area contributed by atoms with Gasteiger partial charge < -0.3 is 0 Å². The van der Waals surface area contributed by atoms with Crippen molar-refractivity contribution in [2.24, 2.45) is 5.41 Å². The Hall–Kier alpha value is -2.66. The second-order valence-corrected chi connectivity index (χ2v) is 7.74. The molecule has 1 fully saturated rings. The van der Waals surface area contributed by atoms with Gasteiger partial charge in [-0.1, -0.05) is 44.2 Å². The maximum Gasteiger partial charge on any atom is 0.162 e. The van der Waals surface area contributed by atoms with Crippen LogP contribution in [0.2, 0.25) is 0 Å². The monoisotopic (exact) mass is 345 g/mol. The average Bonchev–Trinajstić information content (AvgIpc) is 2.98. The highest BCUT2D eigenvalue weighted by Gasteiger charge is 2.37. The van der Waals surface area contributed by atoms with E-state index in [2.05, 4.69) is 69.0 Å². The van der Waals surface area contributed by atoms with Crippen LogP contribution in [0.4, 0.5) is 0 Å². The second kappa shape index (κ2) is 6.92. The van der Waals surface area contributed by atoms with E-state index in [0.29, 0.717) is 17.3 Å². The van der Waals surface area contributed by atoms with Crippen molar-refractivity contribution >= 4 is 0 Å². The lowest BCUT2D eigenvalue weighted by Crippen LogP contribution is -2.25. The van der Waals surface area contributed by atoms with Crippen molar-refractivity contribution in [1.82, 2.24) is 24.8 Å². The lowest BCUT2D eigenvalue weighted by molar-refractivity contribution is 0.235. The van der Waals surface area contributed by atoms with Gasteiger partial charge in [-0.25, -0.2) is 19.9 Å². The van der Waals surface area contributed by atoms with Crippen LogP contribution in [0.15, 0.2) is 61.4 Å². The maximum absolute atomic E-state index is 4.51. The van der Waals surface area contributed by atoms with Crippen molar-refractivity contribution in [3.05, 3.63) is 72.6 Å². The fraction of sp³-hybridized carbons (Fsp3) is 0.333. The van der Waals surface area contributed by atoms with Gasteiger partial charge in [0.2, 0.25) is 0 Å². The van der Waals surface area contributed by atoms with Gasteiger partial charge in [0.15, 0.2) is 5.82 Å². The van der Waals surface area contributed by atoms with E-state index in [4.69, 9.17) is 0 Å². The molecule has 1 aromatic carbocycles. The zero-order valence-electron chi connectivity index (χ0n) is 15.2. The van der Waals surface area contributed by atoms with E-state index < -0.39 is 0 Å². The standard InChI is InChI=1S/C21H23N5/c1-21(2)8-19(17-6-4-3-5-7-17)26(14-21)13-16-9-24-20(25-10-16)18-11-22-15-23-12-18/h3-7,9-12,15,19H,8,13-14H2,1-2H3. The molecular formula is C21H23N5. The lowest BCUT2D eigenvalue weighted by atomic mass is 9.89. The van der Waals surface area contributed by atoms with Crippen LogP contribution >= 0.6 is 0 Å². The van der Waals surface area contributed by atoms with E-state index in [1.165, 1.54) is 11.9 Å². The van der Waals surface area contributed by atoms with E-state index >= 15 is 0 Å². The molecule has 5 nitrogen and oxygen atoms in total. The van der Waals surface area contributed by atoms with Gasteiger partial charge >= 0.3 is 0 Å². The summed E-state index contributed by atoms with van der Waals surface area (Å²) >= 11 is 0. The number of nitrogens with zero attached hydrogens (tertiary/aromatic N) is 5. The molecule has 3 aromatic rings. The predicted molar refractivity (Wildman–Crippen MR) is 101 cm³/mol. The topological polar surface area (TPSA) is 54.8 Å². The molecule has 0 aliphatic carbocycles. The highest BCUT2D eigenvalue weighted by molar-refractivity contribution is 5.50. The van der Waals surface area contributed by atoms with Crippen molar-refractivity contribution in [2.45, 2.75) is 32.9 Å². The molecule has 4 rings (SSSR count). The Morgan fingerprint density at radius 1 is 1.00 bits per heavy atom. The lowest BCUT2D eigenvalue weighted by Gasteiger charge is -2.24. The van der Waals surface area contributed by atoms with Gasteiger partial charge in [0, 0.05) is 49.5 Å². The van der Waals surface area contributed by atoms with Crippen molar-refractivity contribution < 1.29 is 0 Å². The van der Waals surface area contributed by atoms with Gasteiger partial charge in [0.05, 0.1) is 5.56 Å². The normalized spacial score (nSPS) is 19.5. The molecule has 1 atom stereocenters. The van der Waals surface area contributed by atoms with E-state index in [-0.39, 0.29) is 0 Å². The number of rotatable bonds is 4. The molecule has 0 radical (unpaired) electrons. The van der Waals surface area contributed by atoms with Crippen molar-refractivity contribution in [2.75, 3.05) is 6.54 Å². The fourth-order valence-corrected chi connectivity index (χ4v) is 3.78. The first-order chi connectivity index (χ1) is 12.6. The molecule has 3 heterocycles. The van der Waals surface area contributed by atoms with Crippen LogP contribution in [-0.2, 0) is 6.54 Å². The van der Waals surface area contributed by atoms with Gasteiger partial charge in [0.1, 0.15) is 6.33 Å². The first kappa shape index (κ1) is 16.8. The number of likely N-dealkylation sites (tertiary alicyclic amines) is 1. The minimum Gasteiger partial charge on any atom is -0.291 e. The minimum atomic E-state index is 0.308. The summed E-state index contributed by atoms with van der Waals surface area (Å²) in [6.07, 6.45) is 9.98. The first-order valence-electron chi connectivity index (χ1n) is 8.96. The predicted octanol–water partition coefficient (Wildman–Crippen LogP) is 3.91. The zero-order chi connectivity index (χ0) is 18.0. The highest BCUT2D eigenvalue weighted by Crippen LogP contribution is 2.43. The molecule has 0 bridgehead atoms. The molecule has 0 spiro atoms. The summed E-state index contributed by atoms with van der Waals surface area (Å²) in [4.78, 5) is 19.6. The van der Waals surface area contributed by atoms with Crippen molar-refractivity contribution in [1.29, 1.82) is 0 Å². The van der Waals surface area contributed by atoms with Crippen LogP contribution in [-0.4, -0.2) is 31.4 Å². The van der Waals surface area contributed by atoms with Crippen LogP contribution in [0.5, 0.6) is 0 Å². The molecule has 1 saturated heterocycles. The van der Waals surface area contributed by atoms with Crippen LogP contribution in [0.25, 0.3) is 11.4 Å². The summed E-state index contributed by atoms with van der Waals surface area (Å²) in [7, 11) is 0. The molecule has 26 heavy (non-hydrogen) atoms. The molecule has 5 heteroatoms. The van der Waals surface area contributed by atoms with Gasteiger partial charge in [-0.3, -0.25) is 4.90 Å². The summed E-state index contributed by atoms with van der Waals surface area (Å²) in [6, 6.07) is 11.2. The third kappa shape index (κ3) is 3.63. The number of benzene rings is 1. The number of hydrogen-bond donors (Lipinski definition) is 0. The number of aromatic nitrogens is 4. The number of hydrogen-bond acceptors (Lipinski definition) is 5. The molecule has 132 valence electrons. The summed E-state index contributed by atoms with van der Waals surface area (Å²) in [5.41, 5.74) is 3.66. The summed E-state index contributed by atoms with van der Waals surface area (Å²) in [6.45, 7) is 6.62. The third-order valence-corrected chi connectivity index (χ3v) is 4.91. The van der Waals surface area contributed by atoms with E-state index in [1.807, 2.05) is 12.4 Å². The van der Waals surface area contributed by atoms with Gasteiger partial charge in [-0.2, -0.15) is 0 Å². The quantitative estimate of drug-likeness (QED) is 0.718. The second-order valence-electron chi connectivity index (χ2n) is 7.74. The summed E-state index contributed by atoms with van der Waals surface area (Å²) in [5.74, 6) is 0.663. The van der Waals surface area contributed by atoms with Crippen LogP contribution in [0.3, 0.4) is 0 Å². The Labute approximate surface area is 154 Å². The Morgan fingerprint density at radius 3 is 2.38 bits per heavy atom.